The maximum Gasteiger partial charge on any atom is 0.240 e. The van der Waals surface area contributed by atoms with Crippen molar-refractivity contribution in [2.75, 3.05) is 0 Å². The van der Waals surface area contributed by atoms with Gasteiger partial charge in [-0.2, -0.15) is 0 Å². The molecule has 3 rings (SSSR count). The minimum Gasteiger partial charge on any atom is -0.464 e. The van der Waals surface area contributed by atoms with Gasteiger partial charge in [0.15, 0.2) is 0 Å². The van der Waals surface area contributed by atoms with Gasteiger partial charge >= 0.3 is 0 Å². The second-order valence-corrected chi connectivity index (χ2v) is 4.69. The lowest BCUT2D eigenvalue weighted by molar-refractivity contribution is -0.121. The lowest BCUT2D eigenvalue weighted by Crippen LogP contribution is -2.26. The Labute approximate surface area is 122 Å². The first-order valence-corrected chi connectivity index (χ1v) is 6.66. The van der Waals surface area contributed by atoms with Crippen molar-refractivity contribution in [2.45, 2.75) is 13.1 Å². The molecule has 5 heteroatoms. The van der Waals surface area contributed by atoms with Gasteiger partial charge in [-0.25, -0.2) is 0 Å². The molecule has 1 amide bonds. The molecule has 3 aromatic rings. The molecule has 0 aromatic carbocycles. The minimum atomic E-state index is -0.0328. The fraction of sp³-hybridized carbons (Fsp3) is 0.125. The number of carbonyl (C=O) groups is 1. The van der Waals surface area contributed by atoms with Crippen LogP contribution < -0.4 is 5.32 Å². The molecule has 0 aliphatic rings. The van der Waals surface area contributed by atoms with E-state index < -0.39 is 0 Å². The second-order valence-electron chi connectivity index (χ2n) is 4.69. The van der Waals surface area contributed by atoms with E-state index in [1.165, 1.54) is 0 Å². The molecule has 0 aliphatic heterocycles. The highest BCUT2D eigenvalue weighted by atomic mass is 16.3. The fourth-order valence-electron chi connectivity index (χ4n) is 2.06. The summed E-state index contributed by atoms with van der Waals surface area (Å²) in [6, 6.07) is 9.46. The Balaban J connectivity index is 1.60. The first-order chi connectivity index (χ1) is 10.3. The Morgan fingerprint density at radius 3 is 2.86 bits per heavy atom. The number of amides is 1. The molecular formula is C16H15N3O2. The average Bonchev–Trinajstić information content (AvgIpc) is 3.19. The molecule has 0 fully saturated rings. The highest BCUT2D eigenvalue weighted by Gasteiger charge is 2.05. The first-order valence-electron chi connectivity index (χ1n) is 6.66. The summed E-state index contributed by atoms with van der Waals surface area (Å²) in [5.74, 6) is 0.734. The Morgan fingerprint density at radius 2 is 2.10 bits per heavy atom. The third kappa shape index (κ3) is 3.39. The summed E-state index contributed by atoms with van der Waals surface area (Å²) in [5.41, 5.74) is 1.84. The molecule has 1 N–H and O–H groups in total. The largest absolute Gasteiger partial charge is 0.464 e. The normalized spacial score (nSPS) is 10.5. The molecule has 0 unspecified atom stereocenters. The van der Waals surface area contributed by atoms with Gasteiger partial charge in [0.2, 0.25) is 5.91 Å². The van der Waals surface area contributed by atoms with Crippen LogP contribution in [0.3, 0.4) is 0 Å². The van der Waals surface area contributed by atoms with Gasteiger partial charge in [-0.15, -0.1) is 0 Å². The van der Waals surface area contributed by atoms with E-state index in [1.807, 2.05) is 47.3 Å². The van der Waals surface area contributed by atoms with E-state index in [1.54, 1.807) is 18.7 Å². The van der Waals surface area contributed by atoms with Crippen molar-refractivity contribution in [1.29, 1.82) is 0 Å². The lowest BCUT2D eigenvalue weighted by atomic mass is 10.1. The van der Waals surface area contributed by atoms with E-state index in [0.29, 0.717) is 13.1 Å². The quantitative estimate of drug-likeness (QED) is 0.781. The van der Waals surface area contributed by atoms with Crippen molar-refractivity contribution in [1.82, 2.24) is 14.9 Å². The van der Waals surface area contributed by atoms with Gasteiger partial charge in [-0.3, -0.25) is 9.78 Å². The van der Waals surface area contributed by atoms with E-state index in [4.69, 9.17) is 4.42 Å². The number of nitrogens with one attached hydrogen (secondary N) is 1. The summed E-state index contributed by atoms with van der Waals surface area (Å²) in [6.45, 7) is 0.764. The highest BCUT2D eigenvalue weighted by Crippen LogP contribution is 2.19. The SMILES string of the molecule is O=C(Cn1cccc1)NCc1cncc(-c2ccco2)c1. The van der Waals surface area contributed by atoms with Crippen molar-refractivity contribution in [3.05, 3.63) is 66.9 Å². The first kappa shape index (κ1) is 13.2. The smallest absolute Gasteiger partial charge is 0.240 e. The number of hydrogen-bond donors (Lipinski definition) is 1. The molecule has 3 aromatic heterocycles. The zero-order valence-corrected chi connectivity index (χ0v) is 11.4. The Hall–Kier alpha value is -2.82. The van der Waals surface area contributed by atoms with E-state index in [0.717, 1.165) is 16.9 Å². The van der Waals surface area contributed by atoms with Crippen LogP contribution in [0.4, 0.5) is 0 Å². The molecule has 0 atom stereocenters. The standard InChI is InChI=1S/C16H15N3O2/c20-16(12-19-5-1-2-6-19)18-10-13-8-14(11-17-9-13)15-4-3-7-21-15/h1-9,11H,10,12H2,(H,18,20). The fourth-order valence-corrected chi connectivity index (χ4v) is 2.06. The summed E-state index contributed by atoms with van der Waals surface area (Å²) in [5, 5.41) is 2.88. The molecule has 106 valence electrons. The molecule has 21 heavy (non-hydrogen) atoms. The molecule has 0 saturated carbocycles. The van der Waals surface area contributed by atoms with Crippen LogP contribution in [0.5, 0.6) is 0 Å². The zero-order valence-electron chi connectivity index (χ0n) is 11.4. The average molecular weight is 281 g/mol. The predicted octanol–water partition coefficient (Wildman–Crippen LogP) is 2.46. The molecule has 0 saturated heterocycles. The number of furan rings is 1. The summed E-state index contributed by atoms with van der Waals surface area (Å²) >= 11 is 0. The third-order valence-electron chi connectivity index (χ3n) is 3.08. The highest BCUT2D eigenvalue weighted by molar-refractivity contribution is 5.75. The molecule has 3 heterocycles. The van der Waals surface area contributed by atoms with Crippen LogP contribution in [0.1, 0.15) is 5.56 Å². The monoisotopic (exact) mass is 281 g/mol. The Bertz CT molecular complexity index is 703. The lowest BCUT2D eigenvalue weighted by Gasteiger charge is -2.07. The predicted molar refractivity (Wildman–Crippen MR) is 78.2 cm³/mol. The van der Waals surface area contributed by atoms with Crippen LogP contribution in [-0.4, -0.2) is 15.5 Å². The number of carbonyl (C=O) groups excluding carboxylic acids is 1. The molecular weight excluding hydrogens is 266 g/mol. The van der Waals surface area contributed by atoms with Crippen molar-refractivity contribution < 1.29 is 9.21 Å². The third-order valence-corrected chi connectivity index (χ3v) is 3.08. The van der Waals surface area contributed by atoms with E-state index in [2.05, 4.69) is 10.3 Å². The number of rotatable bonds is 5. The molecule has 5 nitrogen and oxygen atoms in total. The van der Waals surface area contributed by atoms with Crippen molar-refractivity contribution in [3.8, 4) is 11.3 Å². The van der Waals surface area contributed by atoms with Gasteiger partial charge in [0, 0.05) is 36.9 Å². The Kier molecular flexibility index (Phi) is 3.82. The number of aromatic nitrogens is 2. The van der Waals surface area contributed by atoms with Crippen LogP contribution in [0.2, 0.25) is 0 Å². The molecule has 0 radical (unpaired) electrons. The summed E-state index contributed by atoms with van der Waals surface area (Å²) in [7, 11) is 0. The zero-order chi connectivity index (χ0) is 14.5. The maximum absolute atomic E-state index is 11.8. The summed E-state index contributed by atoms with van der Waals surface area (Å²) in [4.78, 5) is 16.0. The van der Waals surface area contributed by atoms with Gasteiger partial charge in [-0.1, -0.05) is 0 Å². The van der Waals surface area contributed by atoms with Crippen molar-refractivity contribution >= 4 is 5.91 Å². The van der Waals surface area contributed by atoms with Gasteiger partial charge in [0.1, 0.15) is 12.3 Å². The van der Waals surface area contributed by atoms with E-state index in [9.17, 15) is 4.79 Å². The second kappa shape index (κ2) is 6.09. The summed E-state index contributed by atoms with van der Waals surface area (Å²) < 4.78 is 7.17. The number of hydrogen-bond acceptors (Lipinski definition) is 3. The van der Waals surface area contributed by atoms with E-state index in [-0.39, 0.29) is 5.91 Å². The van der Waals surface area contributed by atoms with Gasteiger partial charge in [0.05, 0.1) is 6.26 Å². The minimum absolute atomic E-state index is 0.0328. The van der Waals surface area contributed by atoms with Crippen LogP contribution in [0, 0.1) is 0 Å². The van der Waals surface area contributed by atoms with Crippen molar-refractivity contribution in [2.24, 2.45) is 0 Å². The van der Waals surface area contributed by atoms with Crippen LogP contribution in [-0.2, 0) is 17.9 Å². The van der Waals surface area contributed by atoms with Crippen LogP contribution in [0.15, 0.2) is 65.8 Å². The Morgan fingerprint density at radius 1 is 1.24 bits per heavy atom. The number of nitrogens with zero attached hydrogens (tertiary/aromatic N) is 2. The molecule has 0 aliphatic carbocycles. The van der Waals surface area contributed by atoms with E-state index >= 15 is 0 Å². The van der Waals surface area contributed by atoms with Crippen molar-refractivity contribution in [3.63, 3.8) is 0 Å². The van der Waals surface area contributed by atoms with Crippen LogP contribution in [0.25, 0.3) is 11.3 Å². The number of pyridine rings is 1. The van der Waals surface area contributed by atoms with Gasteiger partial charge < -0.3 is 14.3 Å². The van der Waals surface area contributed by atoms with Gasteiger partial charge in [0.25, 0.3) is 0 Å². The molecule has 0 bridgehead atoms. The van der Waals surface area contributed by atoms with Gasteiger partial charge in [-0.05, 0) is 35.9 Å². The summed E-state index contributed by atoms with van der Waals surface area (Å²) in [6.07, 6.45) is 8.82. The van der Waals surface area contributed by atoms with Crippen LogP contribution >= 0.6 is 0 Å². The topological polar surface area (TPSA) is 60.1 Å². The maximum atomic E-state index is 11.8. The molecule has 0 spiro atoms.